The Morgan fingerprint density at radius 1 is 1.18 bits per heavy atom. The average Bonchev–Trinajstić information content (AvgIpc) is 2.19. The van der Waals surface area contributed by atoms with E-state index in [0.717, 1.165) is 19.3 Å². The largest absolute Gasteiger partial charge is 0.334 e. The van der Waals surface area contributed by atoms with Crippen molar-refractivity contribution >= 4 is 36.6 Å². The van der Waals surface area contributed by atoms with Crippen molar-refractivity contribution in [2.24, 2.45) is 0 Å². The minimum absolute atomic E-state index is 0.129. The first-order valence-corrected chi connectivity index (χ1v) is 8.71. The van der Waals surface area contributed by atoms with Gasteiger partial charge in [0.25, 0.3) is 0 Å². The van der Waals surface area contributed by atoms with Crippen molar-refractivity contribution in [3.63, 3.8) is 0 Å². The van der Waals surface area contributed by atoms with Crippen LogP contribution in [-0.2, 0) is 4.57 Å². The molecule has 0 amide bonds. The first kappa shape index (κ1) is 17.6. The predicted octanol–water partition coefficient (Wildman–Crippen LogP) is 3.93. The fourth-order valence-electron chi connectivity index (χ4n) is 1.73. The molecule has 0 aliphatic rings. The molecule has 6 heteroatoms. The molecule has 0 aliphatic heterocycles. The van der Waals surface area contributed by atoms with E-state index < -0.39 is 13.3 Å². The summed E-state index contributed by atoms with van der Waals surface area (Å²) in [6, 6.07) is 0. The van der Waals surface area contributed by atoms with Crippen LogP contribution >= 0.6 is 32.4 Å². The molecule has 0 aromatic carbocycles. The summed E-state index contributed by atoms with van der Waals surface area (Å²) in [6.45, 7) is 2.18. The Kier molecular flexibility index (Phi) is 9.84. The highest BCUT2D eigenvalue weighted by Gasteiger charge is 2.30. The smallest absolute Gasteiger partial charge is 0.324 e. The molecule has 0 saturated heterocycles. The summed E-state index contributed by atoms with van der Waals surface area (Å²) in [5.41, 5.74) is -0.850. The fourth-order valence-corrected chi connectivity index (χ4v) is 3.65. The van der Waals surface area contributed by atoms with E-state index in [1.807, 2.05) is 0 Å². The van der Waals surface area contributed by atoms with Crippen molar-refractivity contribution < 1.29 is 14.4 Å². The SMILES string of the molecule is CCCCCCCCCC(C(=S)S)P(=O)(O)O. The highest BCUT2D eigenvalue weighted by atomic mass is 32.1. The predicted molar refractivity (Wildman–Crippen MR) is 80.0 cm³/mol. The van der Waals surface area contributed by atoms with E-state index in [-0.39, 0.29) is 4.20 Å². The van der Waals surface area contributed by atoms with E-state index in [4.69, 9.17) is 22.0 Å². The number of rotatable bonds is 10. The monoisotopic (exact) mass is 298 g/mol. The Morgan fingerprint density at radius 2 is 1.65 bits per heavy atom. The molecule has 0 heterocycles. The zero-order chi connectivity index (χ0) is 13.3. The molecule has 0 aromatic rings. The second-order valence-electron chi connectivity index (χ2n) is 4.35. The maximum Gasteiger partial charge on any atom is 0.334 e. The highest BCUT2D eigenvalue weighted by Crippen LogP contribution is 2.45. The summed E-state index contributed by atoms with van der Waals surface area (Å²) in [5, 5.41) is 0. The van der Waals surface area contributed by atoms with Crippen LogP contribution in [0.5, 0.6) is 0 Å². The number of unbranched alkanes of at least 4 members (excludes halogenated alkanes) is 6. The fraction of sp³-hybridized carbons (Fsp3) is 0.909. The second-order valence-corrected chi connectivity index (χ2v) is 7.38. The molecule has 2 N–H and O–H groups in total. The first-order valence-electron chi connectivity index (χ1n) is 6.17. The second kappa shape index (κ2) is 9.51. The van der Waals surface area contributed by atoms with Crippen molar-refractivity contribution in [2.45, 2.75) is 63.9 Å². The van der Waals surface area contributed by atoms with Gasteiger partial charge in [-0.1, -0.05) is 64.1 Å². The molecular weight excluding hydrogens is 275 g/mol. The minimum atomic E-state index is -4.12. The van der Waals surface area contributed by atoms with Gasteiger partial charge in [0.15, 0.2) is 0 Å². The minimum Gasteiger partial charge on any atom is -0.324 e. The third kappa shape index (κ3) is 9.20. The summed E-state index contributed by atoms with van der Waals surface area (Å²) >= 11 is 8.67. The van der Waals surface area contributed by atoms with Crippen LogP contribution in [0.1, 0.15) is 58.3 Å². The zero-order valence-electron chi connectivity index (χ0n) is 10.3. The lowest BCUT2D eigenvalue weighted by molar-refractivity contribution is 0.364. The molecule has 1 unspecified atom stereocenters. The van der Waals surface area contributed by atoms with Crippen LogP contribution in [0.2, 0.25) is 0 Å². The summed E-state index contributed by atoms with van der Waals surface area (Å²) in [7, 11) is -4.12. The maximum absolute atomic E-state index is 11.1. The Balaban J connectivity index is 3.71. The molecule has 17 heavy (non-hydrogen) atoms. The van der Waals surface area contributed by atoms with Crippen LogP contribution in [0.15, 0.2) is 0 Å². The molecule has 0 rings (SSSR count). The molecule has 1 atom stereocenters. The third-order valence-electron chi connectivity index (χ3n) is 2.77. The van der Waals surface area contributed by atoms with Crippen LogP contribution in [0.25, 0.3) is 0 Å². The number of hydrogen-bond acceptors (Lipinski definition) is 2. The quantitative estimate of drug-likeness (QED) is 0.247. The summed E-state index contributed by atoms with van der Waals surface area (Å²) < 4.78 is 11.3. The standard InChI is InChI=1S/C11H23O3PS2/c1-2-3-4-5-6-7-8-9-10(11(16)17)15(12,13)14/h10H,2-9H2,1H3,(H,16,17)(H2,12,13,14). The summed E-state index contributed by atoms with van der Waals surface area (Å²) in [5.74, 6) is 0. The van der Waals surface area contributed by atoms with E-state index in [9.17, 15) is 4.57 Å². The van der Waals surface area contributed by atoms with Gasteiger partial charge in [0.2, 0.25) is 0 Å². The van der Waals surface area contributed by atoms with Gasteiger partial charge in [-0.25, -0.2) is 0 Å². The van der Waals surface area contributed by atoms with Crippen LogP contribution in [-0.4, -0.2) is 19.6 Å². The molecular formula is C11H23O3PS2. The Hall–Kier alpha value is 0.590. The third-order valence-corrected chi connectivity index (χ3v) is 5.08. The van der Waals surface area contributed by atoms with Gasteiger partial charge >= 0.3 is 7.60 Å². The van der Waals surface area contributed by atoms with Crippen molar-refractivity contribution in [3.8, 4) is 0 Å². The number of hydrogen-bond donors (Lipinski definition) is 3. The molecule has 0 radical (unpaired) electrons. The topological polar surface area (TPSA) is 57.5 Å². The average molecular weight is 298 g/mol. The van der Waals surface area contributed by atoms with Crippen LogP contribution in [0.3, 0.4) is 0 Å². The Bertz CT molecular complexity index is 265. The van der Waals surface area contributed by atoms with Gasteiger partial charge in [0.05, 0.1) is 4.20 Å². The molecule has 0 aromatic heterocycles. The van der Waals surface area contributed by atoms with Gasteiger partial charge in [-0.3, -0.25) is 4.57 Å². The van der Waals surface area contributed by atoms with E-state index in [1.165, 1.54) is 25.7 Å². The van der Waals surface area contributed by atoms with E-state index >= 15 is 0 Å². The van der Waals surface area contributed by atoms with Crippen LogP contribution in [0, 0.1) is 0 Å². The van der Waals surface area contributed by atoms with Gasteiger partial charge in [0, 0.05) is 0 Å². The molecule has 0 spiro atoms. The first-order chi connectivity index (χ1) is 7.89. The van der Waals surface area contributed by atoms with E-state index in [2.05, 4.69) is 19.6 Å². The Morgan fingerprint density at radius 3 is 2.06 bits per heavy atom. The maximum atomic E-state index is 11.1. The number of thiol groups is 1. The zero-order valence-corrected chi connectivity index (χ0v) is 12.9. The van der Waals surface area contributed by atoms with Gasteiger partial charge in [0.1, 0.15) is 5.66 Å². The lowest BCUT2D eigenvalue weighted by Crippen LogP contribution is -2.14. The highest BCUT2D eigenvalue weighted by molar-refractivity contribution is 8.12. The molecule has 3 nitrogen and oxygen atoms in total. The van der Waals surface area contributed by atoms with Crippen molar-refractivity contribution in [3.05, 3.63) is 0 Å². The van der Waals surface area contributed by atoms with Gasteiger partial charge < -0.3 is 9.79 Å². The molecule has 0 saturated carbocycles. The van der Waals surface area contributed by atoms with Crippen LogP contribution in [0.4, 0.5) is 0 Å². The number of thiocarbonyl (C=S) groups is 1. The van der Waals surface area contributed by atoms with E-state index in [0.29, 0.717) is 6.42 Å². The molecule has 102 valence electrons. The molecule has 0 aliphatic carbocycles. The van der Waals surface area contributed by atoms with Crippen molar-refractivity contribution in [2.75, 3.05) is 0 Å². The Labute approximate surface area is 115 Å². The van der Waals surface area contributed by atoms with Gasteiger partial charge in [-0.15, -0.1) is 12.6 Å². The summed E-state index contributed by atoms with van der Waals surface area (Å²) in [4.78, 5) is 18.2. The van der Waals surface area contributed by atoms with Crippen LogP contribution < -0.4 is 0 Å². The van der Waals surface area contributed by atoms with Crippen molar-refractivity contribution in [1.82, 2.24) is 0 Å². The van der Waals surface area contributed by atoms with Gasteiger partial charge in [-0.2, -0.15) is 0 Å². The normalized spacial score (nSPS) is 13.6. The molecule has 0 fully saturated rings. The lowest BCUT2D eigenvalue weighted by atomic mass is 10.1. The van der Waals surface area contributed by atoms with Crippen molar-refractivity contribution in [1.29, 1.82) is 0 Å². The molecule has 0 bridgehead atoms. The summed E-state index contributed by atoms with van der Waals surface area (Å²) in [6.07, 6.45) is 8.36. The van der Waals surface area contributed by atoms with Gasteiger partial charge in [-0.05, 0) is 6.42 Å². The lowest BCUT2D eigenvalue weighted by Gasteiger charge is -2.16. The van der Waals surface area contributed by atoms with E-state index in [1.54, 1.807) is 0 Å².